The third kappa shape index (κ3) is 4.81. The second-order valence-electron chi connectivity index (χ2n) is 5.93. The first-order chi connectivity index (χ1) is 14.0. The van der Waals surface area contributed by atoms with Crippen molar-refractivity contribution < 1.29 is 13.5 Å². The highest BCUT2D eigenvalue weighted by molar-refractivity contribution is 5.26. The van der Waals surface area contributed by atoms with Gasteiger partial charge in [-0.15, -0.1) is 10.2 Å². The molecule has 1 unspecified atom stereocenters. The van der Waals surface area contributed by atoms with E-state index in [-0.39, 0.29) is 18.1 Å². The quantitative estimate of drug-likeness (QED) is 0.424. The molecule has 0 bridgehead atoms. The van der Waals surface area contributed by atoms with Crippen LogP contribution in [0.1, 0.15) is 29.5 Å². The number of pyridine rings is 1. The number of hydrogen-bond acceptors (Lipinski definition) is 8. The largest absolute Gasteiger partial charge is 0.472 e. The normalized spacial score (nSPS) is 12.4. The molecule has 3 rings (SSSR count). The van der Waals surface area contributed by atoms with Gasteiger partial charge in [0.05, 0.1) is 5.69 Å². The molecule has 0 aliphatic carbocycles. The Labute approximate surface area is 165 Å². The topological polar surface area (TPSA) is 103 Å². The van der Waals surface area contributed by atoms with Gasteiger partial charge >= 0.3 is 0 Å². The molecule has 29 heavy (non-hydrogen) atoms. The lowest BCUT2D eigenvalue weighted by Crippen LogP contribution is -2.11. The van der Waals surface area contributed by atoms with Crippen molar-refractivity contribution in [1.82, 2.24) is 29.9 Å². The Balaban J connectivity index is 1.66. The van der Waals surface area contributed by atoms with Crippen LogP contribution in [0.5, 0.6) is 5.88 Å². The third-order valence-corrected chi connectivity index (χ3v) is 3.93. The molecular weight excluding hydrogens is 382 g/mol. The molecule has 0 radical (unpaired) electrons. The van der Waals surface area contributed by atoms with Gasteiger partial charge in [-0.25, -0.2) is 13.8 Å². The summed E-state index contributed by atoms with van der Waals surface area (Å²) in [6, 6.07) is 5.48. The summed E-state index contributed by atoms with van der Waals surface area (Å²) >= 11 is 0. The van der Waals surface area contributed by atoms with Crippen LogP contribution in [0, 0.1) is 6.92 Å². The Morgan fingerprint density at radius 2 is 2.03 bits per heavy atom. The molecule has 1 atom stereocenters. The van der Waals surface area contributed by atoms with Crippen LogP contribution >= 0.6 is 0 Å². The van der Waals surface area contributed by atoms with E-state index in [0.717, 1.165) is 6.20 Å². The average molecular weight is 400 g/mol. The summed E-state index contributed by atoms with van der Waals surface area (Å²) in [7, 11) is 1.50. The summed E-state index contributed by atoms with van der Waals surface area (Å²) in [6.07, 6.45) is -0.0459. The summed E-state index contributed by atoms with van der Waals surface area (Å²) in [4.78, 5) is 8.08. The van der Waals surface area contributed by atoms with E-state index in [9.17, 15) is 8.78 Å². The number of azo groups is 1. The van der Waals surface area contributed by atoms with Crippen molar-refractivity contribution in [2.75, 3.05) is 13.7 Å². The summed E-state index contributed by atoms with van der Waals surface area (Å²) in [6.45, 7) is 5.82. The van der Waals surface area contributed by atoms with Gasteiger partial charge in [0.15, 0.2) is 5.82 Å². The minimum absolute atomic E-state index is 0.0678. The molecule has 0 saturated heterocycles. The van der Waals surface area contributed by atoms with Crippen molar-refractivity contribution in [3.05, 3.63) is 66.0 Å². The van der Waals surface area contributed by atoms with Crippen LogP contribution in [0.4, 0.5) is 8.78 Å². The van der Waals surface area contributed by atoms with Gasteiger partial charge in [0, 0.05) is 24.9 Å². The van der Waals surface area contributed by atoms with Gasteiger partial charge in [0.2, 0.25) is 5.88 Å². The van der Waals surface area contributed by atoms with Crippen LogP contribution in [-0.2, 0) is 0 Å². The predicted molar refractivity (Wildman–Crippen MR) is 99.0 cm³/mol. The van der Waals surface area contributed by atoms with Crippen LogP contribution in [0.3, 0.4) is 0 Å². The lowest BCUT2D eigenvalue weighted by Gasteiger charge is -2.15. The highest BCUT2D eigenvalue weighted by Crippen LogP contribution is 2.26. The molecule has 3 aromatic heterocycles. The number of alkyl halides is 2. The number of ether oxygens (including phenoxy) is 1. The summed E-state index contributed by atoms with van der Waals surface area (Å²) in [5, 5.41) is 20.0. The molecule has 9 nitrogen and oxygen atoms in total. The number of rotatable bonds is 8. The first-order valence-corrected chi connectivity index (χ1v) is 8.53. The Morgan fingerprint density at radius 3 is 2.59 bits per heavy atom. The third-order valence-electron chi connectivity index (χ3n) is 3.93. The van der Waals surface area contributed by atoms with Crippen LogP contribution in [-0.4, -0.2) is 43.6 Å². The Morgan fingerprint density at radius 1 is 1.21 bits per heavy atom. The molecule has 0 amide bonds. The molecule has 0 saturated carbocycles. The van der Waals surface area contributed by atoms with E-state index in [1.165, 1.54) is 25.5 Å². The number of aromatic nitrogens is 6. The van der Waals surface area contributed by atoms with Crippen molar-refractivity contribution in [1.29, 1.82) is 0 Å². The maximum atomic E-state index is 12.7. The van der Waals surface area contributed by atoms with Crippen molar-refractivity contribution in [2.45, 2.75) is 19.4 Å². The molecule has 3 aromatic rings. The number of halogens is 2. The van der Waals surface area contributed by atoms with Gasteiger partial charge in [-0.3, -0.25) is 4.98 Å². The van der Waals surface area contributed by atoms with Crippen LogP contribution in [0.25, 0.3) is 5.82 Å². The molecule has 0 spiro atoms. The van der Waals surface area contributed by atoms with Gasteiger partial charge in [0.1, 0.15) is 24.8 Å². The Hall–Kier alpha value is -3.63. The number of aryl methyl sites for hydroxylation is 1. The zero-order chi connectivity index (χ0) is 20.8. The highest BCUT2D eigenvalue weighted by atomic mass is 19.3. The van der Waals surface area contributed by atoms with Crippen LogP contribution in [0.15, 0.2) is 59.2 Å². The van der Waals surface area contributed by atoms with Crippen molar-refractivity contribution in [3.8, 4) is 11.7 Å². The SMILES string of the molecule is C=C(COc1ccc(-n2ncnc2C)nn1)C(/N=N\C)c1ccc(C(F)F)cn1. The molecule has 0 N–H and O–H groups in total. The van der Waals surface area contributed by atoms with Crippen molar-refractivity contribution in [2.24, 2.45) is 10.2 Å². The first kappa shape index (κ1) is 20.1. The fourth-order valence-electron chi connectivity index (χ4n) is 2.45. The highest BCUT2D eigenvalue weighted by Gasteiger charge is 2.18. The first-order valence-electron chi connectivity index (χ1n) is 8.53. The van der Waals surface area contributed by atoms with Crippen molar-refractivity contribution in [3.63, 3.8) is 0 Å². The van der Waals surface area contributed by atoms with Gasteiger partial charge < -0.3 is 4.74 Å². The number of hydrogen-bond donors (Lipinski definition) is 0. The lowest BCUT2D eigenvalue weighted by molar-refractivity contribution is 0.151. The minimum atomic E-state index is -2.59. The van der Waals surface area contributed by atoms with E-state index >= 15 is 0 Å². The van der Waals surface area contributed by atoms with Gasteiger partial charge in [-0.05, 0) is 30.7 Å². The van der Waals surface area contributed by atoms with E-state index in [4.69, 9.17) is 4.74 Å². The minimum Gasteiger partial charge on any atom is -0.472 e. The van der Waals surface area contributed by atoms with E-state index in [1.54, 1.807) is 23.7 Å². The molecule has 0 fully saturated rings. The summed E-state index contributed by atoms with van der Waals surface area (Å²) in [5.41, 5.74) is 0.809. The van der Waals surface area contributed by atoms with Crippen molar-refractivity contribution >= 4 is 0 Å². The smallest absolute Gasteiger partial charge is 0.265 e. The zero-order valence-electron chi connectivity index (χ0n) is 15.8. The molecular formula is C18H18F2N8O. The number of nitrogens with zero attached hydrogens (tertiary/aromatic N) is 8. The predicted octanol–water partition coefficient (Wildman–Crippen LogP) is 3.46. The molecule has 0 aliphatic rings. The fourth-order valence-corrected chi connectivity index (χ4v) is 2.45. The maximum absolute atomic E-state index is 12.7. The van der Waals surface area contributed by atoms with Crippen LogP contribution in [0.2, 0.25) is 0 Å². The Kier molecular flexibility index (Phi) is 6.27. The molecule has 11 heteroatoms. The lowest BCUT2D eigenvalue weighted by atomic mass is 10.1. The van der Waals surface area contributed by atoms with E-state index in [2.05, 4.69) is 42.1 Å². The van der Waals surface area contributed by atoms with E-state index < -0.39 is 12.5 Å². The molecule has 3 heterocycles. The van der Waals surface area contributed by atoms with Crippen LogP contribution < -0.4 is 4.74 Å². The van der Waals surface area contributed by atoms with E-state index in [0.29, 0.717) is 22.9 Å². The summed E-state index contributed by atoms with van der Waals surface area (Å²) < 4.78 is 32.6. The maximum Gasteiger partial charge on any atom is 0.265 e. The Bertz CT molecular complexity index is 986. The second kappa shape index (κ2) is 9.04. The average Bonchev–Trinajstić information content (AvgIpc) is 3.16. The second-order valence-corrected chi connectivity index (χ2v) is 5.93. The summed E-state index contributed by atoms with van der Waals surface area (Å²) in [5.74, 6) is 1.47. The molecule has 0 aliphatic heterocycles. The van der Waals surface area contributed by atoms with Gasteiger partial charge in [0.25, 0.3) is 6.43 Å². The molecule has 150 valence electrons. The zero-order valence-corrected chi connectivity index (χ0v) is 15.8. The molecule has 0 aromatic carbocycles. The van der Waals surface area contributed by atoms with Gasteiger partial charge in [-0.1, -0.05) is 6.58 Å². The monoisotopic (exact) mass is 400 g/mol. The fraction of sp³-hybridized carbons (Fsp3) is 0.278. The standard InChI is InChI=1S/C18H18F2N8O/c1-11(17(27-21-3)14-5-4-13(8-22-14)18(19)20)9-29-16-7-6-15(25-26-16)28-12(2)23-10-24-28/h4-8,10,17-18H,1,9H2,2-3H3/b27-21-. The van der Waals surface area contributed by atoms with Gasteiger partial charge in [-0.2, -0.15) is 20.0 Å². The van der Waals surface area contributed by atoms with E-state index in [1.807, 2.05) is 0 Å².